The molecule has 0 bridgehead atoms. The van der Waals surface area contributed by atoms with Crippen molar-refractivity contribution in [2.24, 2.45) is 5.41 Å². The molecule has 16 heavy (non-hydrogen) atoms. The van der Waals surface area contributed by atoms with E-state index in [0.717, 1.165) is 25.0 Å². The van der Waals surface area contributed by atoms with Crippen LogP contribution < -0.4 is 4.74 Å². The molecule has 0 unspecified atom stereocenters. The number of rotatable bonds is 4. The quantitative estimate of drug-likeness (QED) is 0.786. The van der Waals surface area contributed by atoms with Crippen LogP contribution >= 0.6 is 0 Å². The number of nitriles is 1. The Morgan fingerprint density at radius 1 is 1.31 bits per heavy atom. The highest BCUT2D eigenvalue weighted by Crippen LogP contribution is 2.48. The summed E-state index contributed by atoms with van der Waals surface area (Å²) in [4.78, 5) is 0. The van der Waals surface area contributed by atoms with Crippen molar-refractivity contribution in [2.45, 2.75) is 19.3 Å². The normalized spacial score (nSPS) is 16.6. The lowest BCUT2D eigenvalue weighted by Crippen LogP contribution is -2.12. The minimum atomic E-state index is -0.914. The van der Waals surface area contributed by atoms with Crippen LogP contribution in [0.2, 0.25) is 0 Å². The van der Waals surface area contributed by atoms with E-state index < -0.39 is 11.6 Å². The van der Waals surface area contributed by atoms with Gasteiger partial charge < -0.3 is 4.74 Å². The predicted molar refractivity (Wildman–Crippen MR) is 53.8 cm³/mol. The summed E-state index contributed by atoms with van der Waals surface area (Å²) < 4.78 is 30.9. The Labute approximate surface area is 92.5 Å². The van der Waals surface area contributed by atoms with Crippen molar-refractivity contribution in [2.75, 3.05) is 6.61 Å². The highest BCUT2D eigenvalue weighted by Gasteiger charge is 2.43. The molecule has 1 aromatic rings. The van der Waals surface area contributed by atoms with E-state index in [4.69, 9.17) is 10.00 Å². The summed E-state index contributed by atoms with van der Waals surface area (Å²) in [6, 6.07) is 5.56. The third-order valence-corrected chi connectivity index (χ3v) is 2.85. The zero-order valence-electron chi connectivity index (χ0n) is 8.67. The molecule has 84 valence electrons. The molecular formula is C12H11F2NO. The van der Waals surface area contributed by atoms with Crippen molar-refractivity contribution in [1.82, 2.24) is 0 Å². The van der Waals surface area contributed by atoms with Crippen molar-refractivity contribution >= 4 is 0 Å². The summed E-state index contributed by atoms with van der Waals surface area (Å²) in [7, 11) is 0. The maximum atomic E-state index is 12.9. The van der Waals surface area contributed by atoms with Crippen LogP contribution in [-0.2, 0) is 0 Å². The maximum Gasteiger partial charge on any atom is 0.162 e. The first-order valence-corrected chi connectivity index (χ1v) is 5.10. The molecule has 0 N–H and O–H groups in total. The van der Waals surface area contributed by atoms with E-state index in [2.05, 4.69) is 6.07 Å². The molecule has 0 amide bonds. The van der Waals surface area contributed by atoms with Crippen molar-refractivity contribution < 1.29 is 13.5 Å². The Bertz CT molecular complexity index is 435. The molecule has 0 aromatic heterocycles. The average Bonchev–Trinajstić information content (AvgIpc) is 3.01. The molecule has 0 radical (unpaired) electrons. The summed E-state index contributed by atoms with van der Waals surface area (Å²) in [5.41, 5.74) is -0.0559. The van der Waals surface area contributed by atoms with Gasteiger partial charge in [0.2, 0.25) is 0 Å². The fourth-order valence-electron chi connectivity index (χ4n) is 1.52. The summed E-state index contributed by atoms with van der Waals surface area (Å²) in [6.45, 7) is 0.394. The number of halogens is 2. The van der Waals surface area contributed by atoms with Gasteiger partial charge in [0.1, 0.15) is 5.75 Å². The molecule has 1 aliphatic carbocycles. The van der Waals surface area contributed by atoms with Gasteiger partial charge in [-0.1, -0.05) is 0 Å². The fraction of sp³-hybridized carbons (Fsp3) is 0.417. The van der Waals surface area contributed by atoms with Crippen LogP contribution in [0.1, 0.15) is 19.3 Å². The second-order valence-electron chi connectivity index (χ2n) is 4.20. The highest BCUT2D eigenvalue weighted by molar-refractivity contribution is 5.24. The average molecular weight is 223 g/mol. The van der Waals surface area contributed by atoms with E-state index >= 15 is 0 Å². The molecule has 0 atom stereocenters. The Hall–Kier alpha value is -1.63. The van der Waals surface area contributed by atoms with Crippen LogP contribution in [0.3, 0.4) is 0 Å². The lowest BCUT2D eigenvalue weighted by Gasteiger charge is -2.12. The molecule has 4 heteroatoms. The zero-order valence-corrected chi connectivity index (χ0v) is 8.67. The second kappa shape index (κ2) is 4.09. The van der Waals surface area contributed by atoms with Gasteiger partial charge in [0.05, 0.1) is 12.7 Å². The Balaban J connectivity index is 1.95. The number of benzene rings is 1. The highest BCUT2D eigenvalue weighted by atomic mass is 19.2. The minimum absolute atomic E-state index is 0.0559. The van der Waals surface area contributed by atoms with E-state index in [9.17, 15) is 8.78 Å². The van der Waals surface area contributed by atoms with Gasteiger partial charge >= 0.3 is 0 Å². The van der Waals surface area contributed by atoms with Crippen molar-refractivity contribution in [3.63, 3.8) is 0 Å². The van der Waals surface area contributed by atoms with Crippen molar-refractivity contribution in [3.05, 3.63) is 29.8 Å². The van der Waals surface area contributed by atoms with Crippen molar-refractivity contribution in [3.8, 4) is 11.8 Å². The number of ether oxygens (including phenoxy) is 1. The molecule has 0 heterocycles. The summed E-state index contributed by atoms with van der Waals surface area (Å²) in [5, 5.41) is 8.60. The van der Waals surface area contributed by atoms with Gasteiger partial charge in [-0.15, -0.1) is 0 Å². The first kappa shape index (κ1) is 10.9. The van der Waals surface area contributed by atoms with Gasteiger partial charge in [0, 0.05) is 17.9 Å². The lowest BCUT2D eigenvalue weighted by molar-refractivity contribution is 0.235. The van der Waals surface area contributed by atoms with E-state index in [0.29, 0.717) is 18.8 Å². The standard InChI is InChI=1S/C12H11F2NO/c13-10-2-1-9(7-11(10)14)16-8-12(3-4-12)5-6-15/h1-2,7H,3-5,8H2. The Kier molecular flexibility index (Phi) is 2.78. The molecule has 2 nitrogen and oxygen atoms in total. The Morgan fingerprint density at radius 2 is 2.06 bits per heavy atom. The molecule has 1 saturated carbocycles. The van der Waals surface area contributed by atoms with Gasteiger partial charge in [0.25, 0.3) is 0 Å². The SMILES string of the molecule is N#CCC1(COc2ccc(F)c(F)c2)CC1. The third kappa shape index (κ3) is 2.30. The fourth-order valence-corrected chi connectivity index (χ4v) is 1.52. The van der Waals surface area contributed by atoms with Gasteiger partial charge in [-0.05, 0) is 25.0 Å². The lowest BCUT2D eigenvalue weighted by atomic mass is 10.1. The van der Waals surface area contributed by atoms with Gasteiger partial charge in [-0.2, -0.15) is 5.26 Å². The maximum absolute atomic E-state index is 12.9. The molecular weight excluding hydrogens is 212 g/mol. The number of nitrogens with zero attached hydrogens (tertiary/aromatic N) is 1. The smallest absolute Gasteiger partial charge is 0.162 e. The van der Waals surface area contributed by atoms with Crippen LogP contribution in [0, 0.1) is 28.4 Å². The van der Waals surface area contributed by atoms with Gasteiger partial charge in [-0.25, -0.2) is 8.78 Å². The minimum Gasteiger partial charge on any atom is -0.493 e. The molecule has 1 aliphatic rings. The number of hydrogen-bond donors (Lipinski definition) is 0. The van der Waals surface area contributed by atoms with Gasteiger partial charge in [-0.3, -0.25) is 0 Å². The molecule has 0 saturated heterocycles. The van der Waals surface area contributed by atoms with E-state index in [1.54, 1.807) is 0 Å². The monoisotopic (exact) mass is 223 g/mol. The molecule has 2 rings (SSSR count). The van der Waals surface area contributed by atoms with Gasteiger partial charge in [0.15, 0.2) is 11.6 Å². The summed E-state index contributed by atoms with van der Waals surface area (Å²) >= 11 is 0. The van der Waals surface area contributed by atoms with E-state index in [1.807, 2.05) is 0 Å². The first-order chi connectivity index (χ1) is 7.65. The first-order valence-electron chi connectivity index (χ1n) is 5.10. The van der Waals surface area contributed by atoms with Crippen LogP contribution in [0.15, 0.2) is 18.2 Å². The summed E-state index contributed by atoms with van der Waals surface area (Å²) in [6.07, 6.45) is 2.38. The third-order valence-electron chi connectivity index (χ3n) is 2.85. The van der Waals surface area contributed by atoms with Crippen LogP contribution in [0.5, 0.6) is 5.75 Å². The van der Waals surface area contributed by atoms with E-state index in [1.165, 1.54) is 6.07 Å². The molecule has 1 fully saturated rings. The van der Waals surface area contributed by atoms with Crippen LogP contribution in [0.25, 0.3) is 0 Å². The molecule has 1 aromatic carbocycles. The van der Waals surface area contributed by atoms with Crippen molar-refractivity contribution in [1.29, 1.82) is 5.26 Å². The summed E-state index contributed by atoms with van der Waals surface area (Å²) in [5.74, 6) is -1.49. The largest absolute Gasteiger partial charge is 0.493 e. The topological polar surface area (TPSA) is 33.0 Å². The number of hydrogen-bond acceptors (Lipinski definition) is 2. The zero-order chi connectivity index (χ0) is 11.6. The van der Waals surface area contributed by atoms with E-state index in [-0.39, 0.29) is 5.41 Å². The molecule has 0 spiro atoms. The van der Waals surface area contributed by atoms with Crippen LogP contribution in [0.4, 0.5) is 8.78 Å². The molecule has 0 aliphatic heterocycles. The Morgan fingerprint density at radius 3 is 2.62 bits per heavy atom. The second-order valence-corrected chi connectivity index (χ2v) is 4.20. The van der Waals surface area contributed by atoms with Crippen LogP contribution in [-0.4, -0.2) is 6.61 Å². The predicted octanol–water partition coefficient (Wildman–Crippen LogP) is 3.04.